The fraction of sp³-hybridized carbons (Fsp3) is 0.200. The molecule has 0 aliphatic carbocycles. The van der Waals surface area contributed by atoms with Crippen LogP contribution < -0.4 is 0 Å². The van der Waals surface area contributed by atoms with Gasteiger partial charge >= 0.3 is 5.97 Å². The van der Waals surface area contributed by atoms with Gasteiger partial charge in [0.25, 0.3) is 0 Å². The average molecular weight is 130 g/mol. The van der Waals surface area contributed by atoms with Crippen molar-refractivity contribution < 1.29 is 19.4 Å². The van der Waals surface area contributed by atoms with E-state index in [4.69, 9.17) is 5.11 Å². The predicted molar refractivity (Wildman–Crippen MR) is 28.8 cm³/mol. The lowest BCUT2D eigenvalue weighted by Crippen LogP contribution is -2.03. The minimum absolute atomic E-state index is 0.298. The molecule has 4 nitrogen and oxygen atoms in total. The quantitative estimate of drug-likeness (QED) is 0.243. The van der Waals surface area contributed by atoms with Gasteiger partial charge in [0.15, 0.2) is 0 Å². The van der Waals surface area contributed by atoms with E-state index in [9.17, 15) is 9.59 Å². The van der Waals surface area contributed by atoms with Crippen LogP contribution in [0, 0.1) is 0 Å². The highest BCUT2D eigenvalue weighted by Gasteiger charge is 2.03. The van der Waals surface area contributed by atoms with Crippen LogP contribution in [0.1, 0.15) is 0 Å². The van der Waals surface area contributed by atoms with Crippen LogP contribution in [-0.2, 0) is 14.3 Å². The second-order valence-corrected chi connectivity index (χ2v) is 1.18. The van der Waals surface area contributed by atoms with Crippen molar-refractivity contribution in [2.75, 3.05) is 7.11 Å². The Morgan fingerprint density at radius 2 is 2.22 bits per heavy atom. The number of aliphatic hydroxyl groups excluding tert-OH is 1. The molecule has 9 heavy (non-hydrogen) atoms. The second-order valence-electron chi connectivity index (χ2n) is 1.18. The molecule has 0 saturated carbocycles. The van der Waals surface area contributed by atoms with E-state index in [1.54, 1.807) is 0 Å². The standard InChI is InChI=1S/C5H6O4/c1-9-5(8)4(7)2-3-6/h2-3,7H,1H3. The molecule has 0 rings (SSSR count). The maximum atomic E-state index is 10.2. The zero-order valence-corrected chi connectivity index (χ0v) is 4.83. The van der Waals surface area contributed by atoms with Gasteiger partial charge in [-0.1, -0.05) is 0 Å². The van der Waals surface area contributed by atoms with Crippen molar-refractivity contribution in [2.45, 2.75) is 0 Å². The van der Waals surface area contributed by atoms with Crippen molar-refractivity contribution in [3.63, 3.8) is 0 Å². The van der Waals surface area contributed by atoms with Gasteiger partial charge in [0.05, 0.1) is 7.11 Å². The summed E-state index contributed by atoms with van der Waals surface area (Å²) in [5.41, 5.74) is 0. The van der Waals surface area contributed by atoms with Crippen LogP contribution >= 0.6 is 0 Å². The number of aldehydes is 1. The normalized spacial score (nSPS) is 10.6. The first-order valence-electron chi connectivity index (χ1n) is 2.15. The lowest BCUT2D eigenvalue weighted by atomic mass is 10.5. The van der Waals surface area contributed by atoms with Gasteiger partial charge in [0.2, 0.25) is 5.76 Å². The van der Waals surface area contributed by atoms with Crippen LogP contribution in [0.15, 0.2) is 11.8 Å². The van der Waals surface area contributed by atoms with E-state index in [0.29, 0.717) is 12.4 Å². The Morgan fingerprint density at radius 3 is 2.56 bits per heavy atom. The van der Waals surface area contributed by atoms with E-state index in [-0.39, 0.29) is 0 Å². The van der Waals surface area contributed by atoms with Crippen molar-refractivity contribution in [3.8, 4) is 0 Å². The SMILES string of the molecule is COC(=O)C(O)=CC=O. The van der Waals surface area contributed by atoms with Crippen molar-refractivity contribution in [1.29, 1.82) is 0 Å². The Hall–Kier alpha value is -1.32. The Bertz CT molecular complexity index is 147. The minimum atomic E-state index is -0.915. The molecule has 0 aliphatic rings. The zero-order chi connectivity index (χ0) is 7.28. The molecule has 0 amide bonds. The summed E-state index contributed by atoms with van der Waals surface area (Å²) in [5, 5.41) is 8.47. The van der Waals surface area contributed by atoms with E-state index in [2.05, 4.69) is 4.74 Å². The van der Waals surface area contributed by atoms with Gasteiger partial charge in [-0.2, -0.15) is 0 Å². The Balaban J connectivity index is 4.01. The highest BCUT2D eigenvalue weighted by Crippen LogP contribution is 1.87. The fourth-order valence-corrected chi connectivity index (χ4v) is 0.237. The average Bonchev–Trinajstić information content (AvgIpc) is 1.87. The summed E-state index contributed by atoms with van der Waals surface area (Å²) >= 11 is 0. The monoisotopic (exact) mass is 130 g/mol. The Morgan fingerprint density at radius 1 is 1.67 bits per heavy atom. The molecule has 4 heteroatoms. The fourth-order valence-electron chi connectivity index (χ4n) is 0.237. The summed E-state index contributed by atoms with van der Waals surface area (Å²) in [7, 11) is 1.11. The van der Waals surface area contributed by atoms with E-state index in [0.717, 1.165) is 7.11 Å². The molecule has 50 valence electrons. The van der Waals surface area contributed by atoms with Crippen molar-refractivity contribution in [3.05, 3.63) is 11.8 Å². The molecular formula is C5H6O4. The molecule has 0 saturated heterocycles. The third kappa shape index (κ3) is 2.48. The van der Waals surface area contributed by atoms with Crippen LogP contribution in [0.3, 0.4) is 0 Å². The number of rotatable bonds is 2. The molecule has 0 aromatic rings. The van der Waals surface area contributed by atoms with Crippen LogP contribution in [0.4, 0.5) is 0 Å². The summed E-state index contributed by atoms with van der Waals surface area (Å²) < 4.78 is 4.05. The number of esters is 1. The molecule has 0 fully saturated rings. The van der Waals surface area contributed by atoms with Crippen LogP contribution in [0.2, 0.25) is 0 Å². The summed E-state index contributed by atoms with van der Waals surface area (Å²) in [5.74, 6) is -1.60. The maximum Gasteiger partial charge on any atom is 0.373 e. The number of carbonyl (C=O) groups is 2. The Kier molecular flexibility index (Phi) is 3.12. The molecule has 0 bridgehead atoms. The van der Waals surface area contributed by atoms with Gasteiger partial charge in [-0.05, 0) is 0 Å². The molecule has 0 atom stereocenters. The summed E-state index contributed by atoms with van der Waals surface area (Å²) in [6.45, 7) is 0. The first-order chi connectivity index (χ1) is 4.22. The smallest absolute Gasteiger partial charge is 0.373 e. The molecule has 0 aliphatic heterocycles. The van der Waals surface area contributed by atoms with Gasteiger partial charge in [-0.3, -0.25) is 4.79 Å². The van der Waals surface area contributed by atoms with Crippen molar-refractivity contribution in [1.82, 2.24) is 0 Å². The molecule has 1 N–H and O–H groups in total. The van der Waals surface area contributed by atoms with Crippen LogP contribution in [0.5, 0.6) is 0 Å². The highest BCUT2D eigenvalue weighted by molar-refractivity contribution is 5.89. The molecule has 0 unspecified atom stereocenters. The topological polar surface area (TPSA) is 63.6 Å². The second kappa shape index (κ2) is 3.65. The summed E-state index contributed by atoms with van der Waals surface area (Å²) in [6, 6.07) is 0. The number of ether oxygens (including phenoxy) is 1. The lowest BCUT2D eigenvalue weighted by Gasteiger charge is -1.92. The zero-order valence-electron chi connectivity index (χ0n) is 4.83. The Labute approximate surface area is 51.7 Å². The molecule has 0 aromatic heterocycles. The number of aliphatic hydroxyl groups is 1. The third-order valence-electron chi connectivity index (χ3n) is 0.620. The van der Waals surface area contributed by atoms with Gasteiger partial charge in [-0.25, -0.2) is 4.79 Å². The molecular weight excluding hydrogens is 124 g/mol. The van der Waals surface area contributed by atoms with E-state index >= 15 is 0 Å². The maximum absolute atomic E-state index is 10.2. The molecule has 0 radical (unpaired) electrons. The van der Waals surface area contributed by atoms with Gasteiger partial charge < -0.3 is 9.84 Å². The van der Waals surface area contributed by atoms with E-state index in [1.165, 1.54) is 0 Å². The van der Waals surface area contributed by atoms with Crippen molar-refractivity contribution >= 4 is 12.3 Å². The number of hydrogen-bond donors (Lipinski definition) is 1. The van der Waals surface area contributed by atoms with Crippen LogP contribution in [0.25, 0.3) is 0 Å². The first-order valence-corrected chi connectivity index (χ1v) is 2.15. The number of carbonyl (C=O) groups excluding carboxylic acids is 2. The first kappa shape index (κ1) is 7.68. The largest absolute Gasteiger partial charge is 0.502 e. The van der Waals surface area contributed by atoms with Gasteiger partial charge in [0.1, 0.15) is 6.29 Å². The van der Waals surface area contributed by atoms with Gasteiger partial charge in [0, 0.05) is 6.08 Å². The molecule has 0 aromatic carbocycles. The van der Waals surface area contributed by atoms with Crippen molar-refractivity contribution in [2.24, 2.45) is 0 Å². The molecule has 0 spiro atoms. The minimum Gasteiger partial charge on any atom is -0.502 e. The van der Waals surface area contributed by atoms with E-state index < -0.39 is 11.7 Å². The highest BCUT2D eigenvalue weighted by atomic mass is 16.5. The van der Waals surface area contributed by atoms with Gasteiger partial charge in [-0.15, -0.1) is 0 Å². The third-order valence-corrected chi connectivity index (χ3v) is 0.620. The van der Waals surface area contributed by atoms with Crippen LogP contribution in [-0.4, -0.2) is 24.5 Å². The number of hydrogen-bond acceptors (Lipinski definition) is 4. The van der Waals surface area contributed by atoms with E-state index in [1.807, 2.05) is 0 Å². The molecule has 0 heterocycles. The summed E-state index contributed by atoms with van der Waals surface area (Å²) in [6.07, 6.45) is 1.01. The number of allylic oxidation sites excluding steroid dienone is 1. The predicted octanol–water partition coefficient (Wildman–Crippen LogP) is -0.200. The summed E-state index contributed by atoms with van der Waals surface area (Å²) in [4.78, 5) is 19.8. The number of methoxy groups -OCH3 is 1. The lowest BCUT2D eigenvalue weighted by molar-refractivity contribution is -0.139.